The first kappa shape index (κ1) is 25.9. The van der Waals surface area contributed by atoms with Crippen LogP contribution < -0.4 is 4.74 Å². The zero-order valence-corrected chi connectivity index (χ0v) is 22.0. The van der Waals surface area contributed by atoms with Gasteiger partial charge in [-0.05, 0) is 78.9 Å². The van der Waals surface area contributed by atoms with Crippen molar-refractivity contribution in [2.45, 2.75) is 38.8 Å². The molecule has 0 atom stereocenters. The molecule has 7 heteroatoms. The van der Waals surface area contributed by atoms with Gasteiger partial charge in [0.1, 0.15) is 11.5 Å². The van der Waals surface area contributed by atoms with Crippen molar-refractivity contribution < 1.29 is 19.4 Å². The highest BCUT2D eigenvalue weighted by Gasteiger charge is 2.26. The fraction of sp³-hybridized carbons (Fsp3) is 0.310. The van der Waals surface area contributed by atoms with E-state index in [0.29, 0.717) is 12.1 Å². The molecular weight excluding hydrogens is 520 g/mol. The maximum absolute atomic E-state index is 12.4. The molecule has 36 heavy (non-hydrogen) atoms. The molecule has 3 aromatic carbocycles. The van der Waals surface area contributed by atoms with Crippen molar-refractivity contribution in [3.63, 3.8) is 0 Å². The van der Waals surface area contributed by atoms with Crippen LogP contribution in [-0.2, 0) is 17.8 Å². The molecule has 0 aliphatic carbocycles. The Morgan fingerprint density at radius 3 is 2.03 bits per heavy atom. The molecule has 1 aliphatic rings. The molecule has 3 aromatic rings. The third kappa shape index (κ3) is 7.18. The van der Waals surface area contributed by atoms with Crippen LogP contribution >= 0.6 is 15.9 Å². The number of amides is 1. The molecule has 1 aliphatic heterocycles. The summed E-state index contributed by atoms with van der Waals surface area (Å²) >= 11 is 3.43. The number of carboxylic acids is 1. The van der Waals surface area contributed by atoms with E-state index in [9.17, 15) is 9.59 Å². The second kappa shape index (κ2) is 12.2. The zero-order valence-electron chi connectivity index (χ0n) is 20.4. The fourth-order valence-electron chi connectivity index (χ4n) is 4.61. The molecule has 0 aromatic heterocycles. The summed E-state index contributed by atoms with van der Waals surface area (Å²) in [5, 5.41) is 9.06. The first-order valence-electron chi connectivity index (χ1n) is 12.2. The largest absolute Gasteiger partial charge is 0.478 e. The molecule has 1 heterocycles. The van der Waals surface area contributed by atoms with Gasteiger partial charge in [0.2, 0.25) is 5.91 Å². The summed E-state index contributed by atoms with van der Waals surface area (Å²) < 4.78 is 6.91. The number of benzene rings is 3. The molecule has 1 N–H and O–H groups in total. The van der Waals surface area contributed by atoms with E-state index in [1.54, 1.807) is 19.1 Å². The molecule has 0 bridgehead atoms. The Hall–Kier alpha value is -3.16. The molecular formula is C29H31BrN2O4. The average Bonchev–Trinajstić information content (AvgIpc) is 2.87. The number of carbonyl (C=O) groups is 2. The third-order valence-corrected chi connectivity index (χ3v) is 7.15. The van der Waals surface area contributed by atoms with E-state index in [2.05, 4.69) is 33.0 Å². The lowest BCUT2D eigenvalue weighted by atomic mass is 10.0. The van der Waals surface area contributed by atoms with Crippen LogP contribution in [0.1, 0.15) is 41.3 Å². The number of ether oxygens (including phenoxy) is 1. The van der Waals surface area contributed by atoms with Gasteiger partial charge in [-0.25, -0.2) is 4.79 Å². The van der Waals surface area contributed by atoms with Crippen molar-refractivity contribution in [1.82, 2.24) is 9.80 Å². The third-order valence-electron chi connectivity index (χ3n) is 6.62. The quantitative estimate of drug-likeness (QED) is 0.354. The second-order valence-electron chi connectivity index (χ2n) is 9.17. The van der Waals surface area contributed by atoms with E-state index < -0.39 is 5.97 Å². The normalized spacial score (nSPS) is 14.4. The van der Waals surface area contributed by atoms with Crippen molar-refractivity contribution in [2.75, 3.05) is 19.6 Å². The summed E-state index contributed by atoms with van der Waals surface area (Å²) in [6, 6.07) is 23.1. The number of halogens is 1. The lowest BCUT2D eigenvalue weighted by molar-refractivity contribution is -0.132. The van der Waals surface area contributed by atoms with Gasteiger partial charge in [0.15, 0.2) is 0 Å². The first-order valence-corrected chi connectivity index (χ1v) is 13.0. The van der Waals surface area contributed by atoms with Crippen LogP contribution in [0.15, 0.2) is 77.3 Å². The number of hydrogen-bond acceptors (Lipinski definition) is 4. The van der Waals surface area contributed by atoms with Gasteiger partial charge in [0.05, 0.1) is 5.56 Å². The number of aromatic carboxylic acids is 1. The monoisotopic (exact) mass is 550 g/mol. The minimum Gasteiger partial charge on any atom is -0.478 e. The summed E-state index contributed by atoms with van der Waals surface area (Å²) in [5.74, 6) is 0.788. The topological polar surface area (TPSA) is 70.1 Å². The van der Waals surface area contributed by atoms with E-state index in [4.69, 9.17) is 9.84 Å². The van der Waals surface area contributed by atoms with E-state index >= 15 is 0 Å². The van der Waals surface area contributed by atoms with Crippen molar-refractivity contribution in [2.24, 2.45) is 0 Å². The Kier molecular flexibility index (Phi) is 8.78. The Morgan fingerprint density at radius 2 is 1.47 bits per heavy atom. The highest BCUT2D eigenvalue weighted by Crippen LogP contribution is 2.24. The second-order valence-corrected chi connectivity index (χ2v) is 10.1. The van der Waals surface area contributed by atoms with Crippen molar-refractivity contribution in [3.8, 4) is 11.5 Å². The van der Waals surface area contributed by atoms with Crippen LogP contribution in [0.4, 0.5) is 0 Å². The van der Waals surface area contributed by atoms with E-state index in [1.165, 1.54) is 5.56 Å². The number of likely N-dealkylation sites (tertiary alicyclic amines) is 1. The van der Waals surface area contributed by atoms with Crippen molar-refractivity contribution in [1.29, 1.82) is 0 Å². The minimum atomic E-state index is -0.906. The molecule has 6 nitrogen and oxygen atoms in total. The molecule has 0 radical (unpaired) electrons. The summed E-state index contributed by atoms with van der Waals surface area (Å²) in [5.41, 5.74) is 2.59. The van der Waals surface area contributed by atoms with Gasteiger partial charge < -0.3 is 14.7 Å². The highest BCUT2D eigenvalue weighted by atomic mass is 79.9. The molecule has 0 saturated carbocycles. The van der Waals surface area contributed by atoms with E-state index in [1.807, 2.05) is 53.4 Å². The fourth-order valence-corrected chi connectivity index (χ4v) is 4.87. The number of hydrogen-bond donors (Lipinski definition) is 1. The highest BCUT2D eigenvalue weighted by molar-refractivity contribution is 9.10. The van der Waals surface area contributed by atoms with Crippen LogP contribution in [0.2, 0.25) is 0 Å². The lowest BCUT2D eigenvalue weighted by Gasteiger charge is -2.38. The average molecular weight is 551 g/mol. The first-order chi connectivity index (χ1) is 17.4. The van der Waals surface area contributed by atoms with Gasteiger partial charge in [-0.3, -0.25) is 9.69 Å². The van der Waals surface area contributed by atoms with Gasteiger partial charge in [-0.15, -0.1) is 0 Å². The molecule has 1 fully saturated rings. The zero-order chi connectivity index (χ0) is 25.5. The van der Waals surface area contributed by atoms with Crippen molar-refractivity contribution in [3.05, 3.63) is 94.0 Å². The van der Waals surface area contributed by atoms with Gasteiger partial charge in [-0.1, -0.05) is 40.2 Å². The summed E-state index contributed by atoms with van der Waals surface area (Å²) in [4.78, 5) is 27.9. The SMILES string of the molecule is CC(=O)N(CCc1ccc(Oc2ccc(Br)cc2)cc1)C1CCN(Cc2ccc(C(=O)O)cc2)CC1. The molecule has 0 unspecified atom stereocenters. The maximum Gasteiger partial charge on any atom is 0.335 e. The number of rotatable bonds is 9. The smallest absolute Gasteiger partial charge is 0.335 e. The summed E-state index contributed by atoms with van der Waals surface area (Å²) in [6.45, 7) is 4.98. The lowest BCUT2D eigenvalue weighted by Crippen LogP contribution is -2.47. The molecule has 1 amide bonds. The number of nitrogens with zero attached hydrogens (tertiary/aromatic N) is 2. The van der Waals surface area contributed by atoms with Gasteiger partial charge in [0.25, 0.3) is 0 Å². The van der Waals surface area contributed by atoms with Crippen molar-refractivity contribution >= 4 is 27.8 Å². The Labute approximate surface area is 220 Å². The minimum absolute atomic E-state index is 0.118. The van der Waals surface area contributed by atoms with Crippen LogP contribution in [-0.4, -0.2) is 52.5 Å². The summed E-state index contributed by atoms with van der Waals surface area (Å²) in [7, 11) is 0. The van der Waals surface area contributed by atoms with Gasteiger partial charge >= 0.3 is 5.97 Å². The Balaban J connectivity index is 1.26. The predicted octanol–water partition coefficient (Wildman–Crippen LogP) is 6.00. The molecule has 0 spiro atoms. The molecule has 1 saturated heterocycles. The molecule has 4 rings (SSSR count). The number of carboxylic acid groups (broad SMARTS) is 1. The summed E-state index contributed by atoms with van der Waals surface area (Å²) in [6.07, 6.45) is 2.67. The van der Waals surface area contributed by atoms with Gasteiger partial charge in [0, 0.05) is 43.6 Å². The molecule has 188 valence electrons. The maximum atomic E-state index is 12.4. The van der Waals surface area contributed by atoms with Crippen LogP contribution in [0.25, 0.3) is 0 Å². The van der Waals surface area contributed by atoms with Gasteiger partial charge in [-0.2, -0.15) is 0 Å². The Morgan fingerprint density at radius 1 is 0.917 bits per heavy atom. The predicted molar refractivity (Wildman–Crippen MR) is 143 cm³/mol. The van der Waals surface area contributed by atoms with E-state index in [-0.39, 0.29) is 11.9 Å². The standard InChI is InChI=1S/C29H31BrN2O4/c1-21(33)32(19-14-22-4-10-27(11-5-22)36-28-12-8-25(30)9-13-28)26-15-17-31(18-16-26)20-23-2-6-24(7-3-23)29(34)35/h2-13,26H,14-20H2,1H3,(H,34,35). The van der Waals surface area contributed by atoms with Crippen LogP contribution in [0, 0.1) is 0 Å². The number of piperidine rings is 1. The Bertz CT molecular complexity index is 1160. The van der Waals surface area contributed by atoms with Crippen LogP contribution in [0.5, 0.6) is 11.5 Å². The van der Waals surface area contributed by atoms with E-state index in [0.717, 1.165) is 60.4 Å². The van der Waals surface area contributed by atoms with Crippen LogP contribution in [0.3, 0.4) is 0 Å². The number of carbonyl (C=O) groups excluding carboxylic acids is 1.